The van der Waals surface area contributed by atoms with Crippen molar-refractivity contribution in [3.63, 3.8) is 0 Å². The van der Waals surface area contributed by atoms with E-state index in [9.17, 15) is 22.0 Å². The van der Waals surface area contributed by atoms with E-state index in [-0.39, 0.29) is 11.1 Å². The van der Waals surface area contributed by atoms with Crippen LogP contribution in [0.3, 0.4) is 0 Å². The third kappa shape index (κ3) is 2.93. The van der Waals surface area contributed by atoms with Crippen molar-refractivity contribution >= 4 is 0 Å². The maximum Gasteiger partial charge on any atom is 0.419 e. The molecule has 1 aromatic carbocycles. The van der Waals surface area contributed by atoms with E-state index in [0.29, 0.717) is 12.1 Å². The zero-order chi connectivity index (χ0) is 14.9. The molecule has 2 nitrogen and oxygen atoms in total. The van der Waals surface area contributed by atoms with Gasteiger partial charge in [-0.25, -0.2) is 8.78 Å². The molecule has 0 fully saturated rings. The quantitative estimate of drug-likeness (QED) is 0.860. The molecule has 2 rings (SSSR count). The van der Waals surface area contributed by atoms with Gasteiger partial charge in [-0.1, -0.05) is 6.07 Å². The lowest BCUT2D eigenvalue weighted by atomic mass is 9.99. The number of nitrogens with two attached hydrogens (primary N) is 1. The molecule has 1 aromatic heterocycles. The fourth-order valence-corrected chi connectivity index (χ4v) is 1.75. The van der Waals surface area contributed by atoms with Crippen molar-refractivity contribution < 1.29 is 22.0 Å². The molecule has 0 aliphatic heterocycles. The molecule has 20 heavy (non-hydrogen) atoms. The largest absolute Gasteiger partial charge is 0.419 e. The minimum atomic E-state index is -4.77. The summed E-state index contributed by atoms with van der Waals surface area (Å²) in [5.41, 5.74) is 4.73. The van der Waals surface area contributed by atoms with Crippen molar-refractivity contribution in [3.8, 4) is 0 Å². The second kappa shape index (κ2) is 5.16. The summed E-state index contributed by atoms with van der Waals surface area (Å²) in [7, 11) is 0. The van der Waals surface area contributed by atoms with Gasteiger partial charge in [0.15, 0.2) is 0 Å². The number of aromatic nitrogens is 1. The Hall–Kier alpha value is -2.02. The standard InChI is InChI=1S/C13H9F5N2/c14-9-3-8(5-20-6-9)12(19)7-1-2-10(11(15)4-7)13(16,17)18/h1-6,12H,19H2. The number of rotatable bonds is 2. The number of halogens is 5. The van der Waals surface area contributed by atoms with Crippen LogP contribution in [0.2, 0.25) is 0 Å². The van der Waals surface area contributed by atoms with Gasteiger partial charge in [0.2, 0.25) is 0 Å². The Balaban J connectivity index is 2.37. The van der Waals surface area contributed by atoms with Gasteiger partial charge in [0.05, 0.1) is 17.8 Å². The summed E-state index contributed by atoms with van der Waals surface area (Å²) >= 11 is 0. The van der Waals surface area contributed by atoms with Crippen LogP contribution in [0.25, 0.3) is 0 Å². The number of pyridine rings is 1. The predicted octanol–water partition coefficient (Wildman–Crippen LogP) is 3.43. The molecule has 2 N–H and O–H groups in total. The van der Waals surface area contributed by atoms with Gasteiger partial charge in [-0.3, -0.25) is 4.98 Å². The summed E-state index contributed by atoms with van der Waals surface area (Å²) in [6.07, 6.45) is -2.54. The zero-order valence-electron chi connectivity index (χ0n) is 9.96. The van der Waals surface area contributed by atoms with Crippen LogP contribution in [-0.2, 0) is 6.18 Å². The highest BCUT2D eigenvalue weighted by atomic mass is 19.4. The molecular formula is C13H9F5N2. The maximum absolute atomic E-state index is 13.4. The van der Waals surface area contributed by atoms with Gasteiger partial charge in [-0.15, -0.1) is 0 Å². The second-order valence-corrected chi connectivity index (χ2v) is 4.15. The molecule has 0 amide bonds. The van der Waals surface area contributed by atoms with Crippen LogP contribution in [0, 0.1) is 11.6 Å². The molecule has 0 aliphatic rings. The molecule has 0 spiro atoms. The van der Waals surface area contributed by atoms with Crippen molar-refractivity contribution in [1.82, 2.24) is 4.98 Å². The van der Waals surface area contributed by atoms with E-state index < -0.39 is 29.4 Å². The number of nitrogens with zero attached hydrogens (tertiary/aromatic N) is 1. The molecule has 0 bridgehead atoms. The minimum Gasteiger partial charge on any atom is -0.320 e. The zero-order valence-corrected chi connectivity index (χ0v) is 9.96. The first-order valence-electron chi connectivity index (χ1n) is 5.51. The maximum atomic E-state index is 13.4. The van der Waals surface area contributed by atoms with E-state index in [1.807, 2.05) is 0 Å². The Morgan fingerprint density at radius 3 is 2.25 bits per heavy atom. The van der Waals surface area contributed by atoms with E-state index in [1.54, 1.807) is 0 Å². The first-order valence-corrected chi connectivity index (χ1v) is 5.51. The lowest BCUT2D eigenvalue weighted by molar-refractivity contribution is -0.140. The first kappa shape index (κ1) is 14.4. The SMILES string of the molecule is NC(c1cncc(F)c1)c1ccc(C(F)(F)F)c(F)c1. The molecule has 1 unspecified atom stereocenters. The molecule has 0 saturated heterocycles. The van der Waals surface area contributed by atoms with Crippen molar-refractivity contribution in [2.24, 2.45) is 5.73 Å². The minimum absolute atomic E-state index is 0.0999. The third-order valence-electron chi connectivity index (χ3n) is 2.74. The van der Waals surface area contributed by atoms with Gasteiger partial charge in [0.1, 0.15) is 11.6 Å². The molecule has 1 atom stereocenters. The van der Waals surface area contributed by atoms with E-state index in [2.05, 4.69) is 4.98 Å². The van der Waals surface area contributed by atoms with Crippen LogP contribution < -0.4 is 5.73 Å². The van der Waals surface area contributed by atoms with Gasteiger partial charge >= 0.3 is 6.18 Å². The number of alkyl halides is 3. The normalized spacial score (nSPS) is 13.3. The van der Waals surface area contributed by atoms with Gasteiger partial charge in [0, 0.05) is 6.20 Å². The molecular weight excluding hydrogens is 279 g/mol. The molecule has 1 heterocycles. The fourth-order valence-electron chi connectivity index (χ4n) is 1.75. The average molecular weight is 288 g/mol. The highest BCUT2D eigenvalue weighted by molar-refractivity contribution is 5.33. The van der Waals surface area contributed by atoms with Gasteiger partial charge in [-0.2, -0.15) is 13.2 Å². The Bertz CT molecular complexity index is 624. The lowest BCUT2D eigenvalue weighted by Gasteiger charge is -2.14. The van der Waals surface area contributed by atoms with Gasteiger partial charge in [0.25, 0.3) is 0 Å². The molecule has 0 aliphatic carbocycles. The fraction of sp³-hybridized carbons (Fsp3) is 0.154. The van der Waals surface area contributed by atoms with Crippen LogP contribution in [0.1, 0.15) is 22.7 Å². The predicted molar refractivity (Wildman–Crippen MR) is 61.6 cm³/mol. The molecule has 106 valence electrons. The topological polar surface area (TPSA) is 38.9 Å². The summed E-state index contributed by atoms with van der Waals surface area (Å²) < 4.78 is 63.7. The van der Waals surface area contributed by atoms with E-state index in [1.165, 1.54) is 6.20 Å². The van der Waals surface area contributed by atoms with Crippen molar-refractivity contribution in [1.29, 1.82) is 0 Å². The number of benzene rings is 1. The van der Waals surface area contributed by atoms with E-state index >= 15 is 0 Å². The summed E-state index contributed by atoms with van der Waals surface area (Å²) in [5.74, 6) is -2.06. The van der Waals surface area contributed by atoms with Crippen molar-refractivity contribution in [2.45, 2.75) is 12.2 Å². The highest BCUT2D eigenvalue weighted by Gasteiger charge is 2.34. The summed E-state index contributed by atoms with van der Waals surface area (Å²) in [4.78, 5) is 3.58. The molecule has 0 saturated carbocycles. The van der Waals surface area contributed by atoms with Crippen molar-refractivity contribution in [2.75, 3.05) is 0 Å². The Morgan fingerprint density at radius 2 is 1.70 bits per heavy atom. The van der Waals surface area contributed by atoms with E-state index in [0.717, 1.165) is 18.3 Å². The lowest BCUT2D eigenvalue weighted by Crippen LogP contribution is -2.14. The summed E-state index contributed by atoms with van der Waals surface area (Å²) in [6.45, 7) is 0. The van der Waals surface area contributed by atoms with Crippen LogP contribution in [-0.4, -0.2) is 4.98 Å². The molecule has 0 radical (unpaired) electrons. The average Bonchev–Trinajstić information content (AvgIpc) is 2.36. The highest BCUT2D eigenvalue weighted by Crippen LogP contribution is 2.32. The van der Waals surface area contributed by atoms with Crippen LogP contribution >= 0.6 is 0 Å². The number of hydrogen-bond donors (Lipinski definition) is 1. The monoisotopic (exact) mass is 288 g/mol. The van der Waals surface area contributed by atoms with E-state index in [4.69, 9.17) is 5.73 Å². The third-order valence-corrected chi connectivity index (χ3v) is 2.74. The van der Waals surface area contributed by atoms with Crippen molar-refractivity contribution in [3.05, 3.63) is 65.0 Å². The first-order chi connectivity index (χ1) is 9.29. The second-order valence-electron chi connectivity index (χ2n) is 4.15. The van der Waals surface area contributed by atoms with Crippen LogP contribution in [0.15, 0.2) is 36.7 Å². The van der Waals surface area contributed by atoms with Crippen LogP contribution in [0.4, 0.5) is 22.0 Å². The summed E-state index contributed by atoms with van der Waals surface area (Å²) in [5, 5.41) is 0. The van der Waals surface area contributed by atoms with Gasteiger partial charge < -0.3 is 5.73 Å². The van der Waals surface area contributed by atoms with Crippen LogP contribution in [0.5, 0.6) is 0 Å². The Kier molecular flexibility index (Phi) is 3.71. The molecule has 7 heteroatoms. The summed E-state index contributed by atoms with van der Waals surface area (Å²) in [6, 6.07) is 2.49. The van der Waals surface area contributed by atoms with Gasteiger partial charge in [-0.05, 0) is 29.3 Å². The Labute approximate surface area is 111 Å². The molecule has 2 aromatic rings. The smallest absolute Gasteiger partial charge is 0.320 e. The Morgan fingerprint density at radius 1 is 1.00 bits per heavy atom. The number of hydrogen-bond acceptors (Lipinski definition) is 2.